The third-order valence-electron chi connectivity index (χ3n) is 9.70. The number of benzene rings is 6. The summed E-state index contributed by atoms with van der Waals surface area (Å²) in [5, 5.41) is 3.93. The van der Waals surface area contributed by atoms with Crippen molar-refractivity contribution in [3.63, 3.8) is 0 Å². The summed E-state index contributed by atoms with van der Waals surface area (Å²) in [6.07, 6.45) is 6.63. The average Bonchev–Trinajstić information content (AvgIpc) is 3.74. The Labute approximate surface area is 293 Å². The molecule has 0 atom stereocenters. The van der Waals surface area contributed by atoms with Gasteiger partial charge in [0.15, 0.2) is 17.5 Å². The first-order valence-corrected chi connectivity index (χ1v) is 17.8. The van der Waals surface area contributed by atoms with Gasteiger partial charge in [0.25, 0.3) is 0 Å². The van der Waals surface area contributed by atoms with E-state index in [1.54, 1.807) is 0 Å². The van der Waals surface area contributed by atoms with Crippen LogP contribution in [0.5, 0.6) is 0 Å². The predicted molar refractivity (Wildman–Crippen MR) is 209 cm³/mol. The van der Waals surface area contributed by atoms with Gasteiger partial charge in [-0.1, -0.05) is 127 Å². The zero-order chi connectivity index (χ0) is 33.0. The third-order valence-corrected chi connectivity index (χ3v) is 10.8. The number of allylic oxidation sites excluding steroid dienone is 1. The number of nitrogens with zero attached hydrogens (tertiary/aromatic N) is 4. The summed E-state index contributed by atoms with van der Waals surface area (Å²) in [4.78, 5) is 15.3. The average molecular weight is 659 g/mol. The molecule has 0 bridgehead atoms. The molecule has 6 aromatic carbocycles. The van der Waals surface area contributed by atoms with Crippen molar-refractivity contribution in [3.8, 4) is 51.0 Å². The summed E-state index contributed by atoms with van der Waals surface area (Å²) in [5.41, 5.74) is 10.2. The summed E-state index contributed by atoms with van der Waals surface area (Å²) < 4.78 is 5.12. The standard InChI is InChI=1S/C45H30N4S/c1-3-13-29(14-4-1)31-17-11-18-32(27-31)44-46-43(30-15-5-2-6-16-30)47-45(48-44)33-19-12-20-34(28-33)49-38-23-9-7-21-35(38)36-25-26-40-41(42(36)49)37-22-8-10-24-39(37)50-40/h1-8,10-22,24-28H,9,23H2. The Morgan fingerprint density at radius 1 is 0.500 bits per heavy atom. The van der Waals surface area contributed by atoms with Crippen LogP contribution in [-0.2, 0) is 6.42 Å². The van der Waals surface area contributed by atoms with E-state index in [-0.39, 0.29) is 0 Å². The van der Waals surface area contributed by atoms with Crippen LogP contribution in [0.2, 0.25) is 0 Å². The van der Waals surface area contributed by atoms with E-state index in [9.17, 15) is 0 Å². The molecular weight excluding hydrogens is 629 g/mol. The monoisotopic (exact) mass is 658 g/mol. The maximum atomic E-state index is 5.15. The molecule has 0 fully saturated rings. The Bertz CT molecular complexity index is 2760. The largest absolute Gasteiger partial charge is 0.312 e. The zero-order valence-electron chi connectivity index (χ0n) is 27.1. The molecule has 4 nitrogen and oxygen atoms in total. The van der Waals surface area contributed by atoms with Crippen molar-refractivity contribution in [2.75, 3.05) is 0 Å². The molecule has 50 heavy (non-hydrogen) atoms. The second kappa shape index (κ2) is 11.8. The van der Waals surface area contributed by atoms with Crippen LogP contribution in [-0.4, -0.2) is 19.5 Å². The fraction of sp³-hybridized carbons (Fsp3) is 0.0444. The summed E-state index contributed by atoms with van der Waals surface area (Å²) >= 11 is 1.87. The van der Waals surface area contributed by atoms with E-state index in [1.165, 1.54) is 42.3 Å². The van der Waals surface area contributed by atoms with Crippen LogP contribution in [0.1, 0.15) is 17.7 Å². The number of rotatable bonds is 5. The minimum Gasteiger partial charge on any atom is -0.312 e. The lowest BCUT2D eigenvalue weighted by atomic mass is 10.0. The Balaban J connectivity index is 1.18. The van der Waals surface area contributed by atoms with E-state index in [0.717, 1.165) is 46.3 Å². The topological polar surface area (TPSA) is 43.6 Å². The van der Waals surface area contributed by atoms with E-state index >= 15 is 0 Å². The van der Waals surface area contributed by atoms with Gasteiger partial charge >= 0.3 is 0 Å². The van der Waals surface area contributed by atoms with E-state index in [4.69, 9.17) is 15.0 Å². The number of fused-ring (bicyclic) bond motifs is 7. The molecule has 1 aliphatic carbocycles. The minimum absolute atomic E-state index is 0.650. The van der Waals surface area contributed by atoms with Crippen molar-refractivity contribution in [1.82, 2.24) is 19.5 Å². The van der Waals surface area contributed by atoms with Crippen LogP contribution in [0, 0.1) is 0 Å². The number of aromatic nitrogens is 4. The molecule has 0 amide bonds. The fourth-order valence-electron chi connectivity index (χ4n) is 7.40. The highest BCUT2D eigenvalue weighted by molar-refractivity contribution is 7.26. The van der Waals surface area contributed by atoms with Gasteiger partial charge in [-0.2, -0.15) is 0 Å². The SMILES string of the molecule is C1=Cc2c(n(-c3cccc(-c4nc(-c5ccccc5)nc(-c5cccc(-c6ccccc6)c5)n4)c3)c3c2ccc2sc4ccccc4c23)CC1. The van der Waals surface area contributed by atoms with Crippen molar-refractivity contribution in [2.45, 2.75) is 12.8 Å². The molecule has 236 valence electrons. The van der Waals surface area contributed by atoms with Gasteiger partial charge in [-0.05, 0) is 54.3 Å². The Kier molecular flexibility index (Phi) is 6.78. The fourth-order valence-corrected chi connectivity index (χ4v) is 8.51. The van der Waals surface area contributed by atoms with Gasteiger partial charge in [0.05, 0.1) is 5.52 Å². The smallest absolute Gasteiger partial charge is 0.164 e. The molecule has 0 radical (unpaired) electrons. The summed E-state index contributed by atoms with van der Waals surface area (Å²) in [7, 11) is 0. The molecule has 0 spiro atoms. The number of thiophene rings is 1. The lowest BCUT2D eigenvalue weighted by Crippen LogP contribution is -2.04. The van der Waals surface area contributed by atoms with Gasteiger partial charge in [-0.25, -0.2) is 15.0 Å². The van der Waals surface area contributed by atoms with E-state index < -0.39 is 0 Å². The van der Waals surface area contributed by atoms with Gasteiger partial charge < -0.3 is 4.57 Å². The maximum Gasteiger partial charge on any atom is 0.164 e. The van der Waals surface area contributed by atoms with E-state index in [0.29, 0.717) is 17.5 Å². The first-order chi connectivity index (χ1) is 24.8. The highest BCUT2D eigenvalue weighted by Gasteiger charge is 2.23. The molecule has 3 aromatic heterocycles. The first-order valence-electron chi connectivity index (χ1n) is 17.0. The molecule has 0 N–H and O–H groups in total. The van der Waals surface area contributed by atoms with Crippen LogP contribution in [0.3, 0.4) is 0 Å². The van der Waals surface area contributed by atoms with Crippen molar-refractivity contribution in [1.29, 1.82) is 0 Å². The molecule has 3 heterocycles. The van der Waals surface area contributed by atoms with Gasteiger partial charge in [0.2, 0.25) is 0 Å². The normalized spacial score (nSPS) is 12.6. The second-order valence-corrected chi connectivity index (χ2v) is 13.8. The number of hydrogen-bond donors (Lipinski definition) is 0. The third kappa shape index (κ3) is 4.78. The van der Waals surface area contributed by atoms with Gasteiger partial charge in [-0.15, -0.1) is 11.3 Å². The van der Waals surface area contributed by atoms with Crippen LogP contribution in [0.4, 0.5) is 0 Å². The Morgan fingerprint density at radius 3 is 1.94 bits per heavy atom. The Morgan fingerprint density at radius 2 is 1.14 bits per heavy atom. The highest BCUT2D eigenvalue weighted by Crippen LogP contribution is 2.43. The lowest BCUT2D eigenvalue weighted by Gasteiger charge is -2.15. The molecular formula is C45H30N4S. The molecule has 5 heteroatoms. The summed E-state index contributed by atoms with van der Waals surface area (Å²) in [6.45, 7) is 0. The Hall–Kier alpha value is -6.17. The molecule has 0 saturated carbocycles. The van der Waals surface area contributed by atoms with Crippen molar-refractivity contribution >= 4 is 48.5 Å². The van der Waals surface area contributed by atoms with Crippen LogP contribution < -0.4 is 0 Å². The highest BCUT2D eigenvalue weighted by atomic mass is 32.1. The van der Waals surface area contributed by atoms with Crippen molar-refractivity contribution in [3.05, 3.63) is 163 Å². The quantitative estimate of drug-likeness (QED) is 0.185. The molecule has 0 unspecified atom stereocenters. The molecule has 0 saturated heterocycles. The molecule has 1 aliphatic rings. The van der Waals surface area contributed by atoms with Crippen LogP contribution in [0.15, 0.2) is 152 Å². The van der Waals surface area contributed by atoms with E-state index in [1.807, 2.05) is 35.6 Å². The van der Waals surface area contributed by atoms with Crippen LogP contribution in [0.25, 0.3) is 88.1 Å². The minimum atomic E-state index is 0.650. The van der Waals surface area contributed by atoms with Gasteiger partial charge in [-0.3, -0.25) is 0 Å². The second-order valence-electron chi connectivity index (χ2n) is 12.7. The van der Waals surface area contributed by atoms with Crippen LogP contribution >= 0.6 is 11.3 Å². The van der Waals surface area contributed by atoms with Crippen molar-refractivity contribution < 1.29 is 0 Å². The summed E-state index contributed by atoms with van der Waals surface area (Å²) in [6, 6.07) is 51.2. The predicted octanol–water partition coefficient (Wildman–Crippen LogP) is 11.8. The number of hydrogen-bond acceptors (Lipinski definition) is 4. The summed E-state index contributed by atoms with van der Waals surface area (Å²) in [5.74, 6) is 1.95. The molecule has 10 rings (SSSR count). The molecule has 9 aromatic rings. The first kappa shape index (κ1) is 28.8. The van der Waals surface area contributed by atoms with Gasteiger partial charge in [0, 0.05) is 59.2 Å². The van der Waals surface area contributed by atoms with Crippen molar-refractivity contribution in [2.24, 2.45) is 0 Å². The van der Waals surface area contributed by atoms with E-state index in [2.05, 4.69) is 138 Å². The van der Waals surface area contributed by atoms with Gasteiger partial charge in [0.1, 0.15) is 0 Å². The zero-order valence-corrected chi connectivity index (χ0v) is 27.9. The maximum absolute atomic E-state index is 5.15. The lowest BCUT2D eigenvalue weighted by molar-refractivity contribution is 0.889. The molecule has 0 aliphatic heterocycles.